The highest BCUT2D eigenvalue weighted by molar-refractivity contribution is 6.38. The first kappa shape index (κ1) is 10.4. The molecule has 2 nitrogen and oxygen atoms in total. The Hall–Kier alpha value is -0.660. The van der Waals surface area contributed by atoms with E-state index >= 15 is 0 Å². The zero-order chi connectivity index (χ0) is 9.84. The van der Waals surface area contributed by atoms with E-state index in [9.17, 15) is 9.59 Å². The van der Waals surface area contributed by atoms with Gasteiger partial charge in [-0.1, -0.05) is 33.1 Å². The van der Waals surface area contributed by atoms with Crippen LogP contribution in [-0.4, -0.2) is 11.6 Å². The molecule has 74 valence electrons. The molecule has 0 aromatic rings. The summed E-state index contributed by atoms with van der Waals surface area (Å²) in [7, 11) is 0. The maximum Gasteiger partial charge on any atom is 0.201 e. The van der Waals surface area contributed by atoms with Crippen molar-refractivity contribution >= 4 is 11.6 Å². The normalized spacial score (nSPS) is 19.0. The molecule has 2 heteroatoms. The fourth-order valence-corrected chi connectivity index (χ4v) is 1.85. The van der Waals surface area contributed by atoms with E-state index in [-0.39, 0.29) is 23.4 Å². The van der Waals surface area contributed by atoms with Gasteiger partial charge in [-0.25, -0.2) is 0 Å². The molecular formula is C11H18O2. The largest absolute Gasteiger partial charge is 0.291 e. The zero-order valence-corrected chi connectivity index (χ0v) is 8.51. The molecule has 1 saturated carbocycles. The number of ketones is 2. The minimum atomic E-state index is -0.174. The van der Waals surface area contributed by atoms with Crippen LogP contribution in [0.5, 0.6) is 0 Å². The Balaban J connectivity index is 2.50. The highest BCUT2D eigenvalue weighted by Crippen LogP contribution is 2.25. The predicted octanol–water partition coefficient (Wildman–Crippen LogP) is 2.36. The predicted molar refractivity (Wildman–Crippen MR) is 51.4 cm³/mol. The van der Waals surface area contributed by atoms with Gasteiger partial charge in [0, 0.05) is 11.8 Å². The summed E-state index contributed by atoms with van der Waals surface area (Å²) in [5.74, 6) is -0.375. The van der Waals surface area contributed by atoms with Crippen molar-refractivity contribution in [1.82, 2.24) is 0 Å². The summed E-state index contributed by atoms with van der Waals surface area (Å²) >= 11 is 0. The van der Waals surface area contributed by atoms with Gasteiger partial charge < -0.3 is 0 Å². The fourth-order valence-electron chi connectivity index (χ4n) is 1.85. The third kappa shape index (κ3) is 2.64. The molecule has 0 radical (unpaired) electrons. The molecule has 1 fully saturated rings. The van der Waals surface area contributed by atoms with Gasteiger partial charge in [0.25, 0.3) is 0 Å². The molecule has 1 aliphatic rings. The Morgan fingerprint density at radius 1 is 1.08 bits per heavy atom. The van der Waals surface area contributed by atoms with E-state index in [1.165, 1.54) is 6.42 Å². The molecular weight excluding hydrogens is 164 g/mol. The van der Waals surface area contributed by atoms with Crippen molar-refractivity contribution in [3.8, 4) is 0 Å². The maximum absolute atomic E-state index is 11.6. The third-order valence-electron chi connectivity index (χ3n) is 2.74. The van der Waals surface area contributed by atoms with Crippen LogP contribution in [0.25, 0.3) is 0 Å². The first-order valence-corrected chi connectivity index (χ1v) is 5.21. The van der Waals surface area contributed by atoms with Gasteiger partial charge in [0.2, 0.25) is 11.6 Å². The molecule has 0 aromatic heterocycles. The first-order valence-electron chi connectivity index (χ1n) is 5.21. The lowest BCUT2D eigenvalue weighted by molar-refractivity contribution is -0.141. The van der Waals surface area contributed by atoms with E-state index in [0.717, 1.165) is 25.7 Å². The molecule has 1 aliphatic carbocycles. The van der Waals surface area contributed by atoms with Crippen molar-refractivity contribution < 1.29 is 9.59 Å². The number of hydrogen-bond donors (Lipinski definition) is 0. The van der Waals surface area contributed by atoms with Crippen LogP contribution in [0.3, 0.4) is 0 Å². The molecule has 0 aromatic carbocycles. The van der Waals surface area contributed by atoms with Gasteiger partial charge in [-0.05, 0) is 12.8 Å². The van der Waals surface area contributed by atoms with E-state index in [4.69, 9.17) is 0 Å². The van der Waals surface area contributed by atoms with E-state index in [1.807, 2.05) is 0 Å². The van der Waals surface area contributed by atoms with Gasteiger partial charge in [-0.2, -0.15) is 0 Å². The van der Waals surface area contributed by atoms with Crippen molar-refractivity contribution in [3.63, 3.8) is 0 Å². The molecule has 1 rings (SSSR count). The minimum Gasteiger partial charge on any atom is -0.291 e. The Bertz CT molecular complexity index is 200. The van der Waals surface area contributed by atoms with Crippen LogP contribution in [0, 0.1) is 11.8 Å². The second-order valence-electron chi connectivity index (χ2n) is 4.22. The van der Waals surface area contributed by atoms with Gasteiger partial charge in [0.15, 0.2) is 0 Å². The Labute approximate surface area is 79.7 Å². The van der Waals surface area contributed by atoms with Crippen LogP contribution in [0.2, 0.25) is 0 Å². The summed E-state index contributed by atoms with van der Waals surface area (Å²) in [6.07, 6.45) is 5.30. The van der Waals surface area contributed by atoms with Crippen molar-refractivity contribution in [2.24, 2.45) is 11.8 Å². The lowest BCUT2D eigenvalue weighted by atomic mass is 9.83. The standard InChI is InChI=1S/C11H18O2/c1-8(2)10(12)11(13)9-6-4-3-5-7-9/h8-9H,3-7H2,1-2H3. The van der Waals surface area contributed by atoms with Crippen molar-refractivity contribution in [1.29, 1.82) is 0 Å². The van der Waals surface area contributed by atoms with Gasteiger partial charge >= 0.3 is 0 Å². The quantitative estimate of drug-likeness (QED) is 0.628. The summed E-state index contributed by atoms with van der Waals surface area (Å²) in [6.45, 7) is 3.59. The fraction of sp³-hybridized carbons (Fsp3) is 0.818. The van der Waals surface area contributed by atoms with Crippen LogP contribution < -0.4 is 0 Å². The molecule has 0 spiro atoms. The van der Waals surface area contributed by atoms with Crippen molar-refractivity contribution in [3.05, 3.63) is 0 Å². The molecule has 0 heterocycles. The number of rotatable bonds is 3. The zero-order valence-electron chi connectivity index (χ0n) is 8.51. The number of hydrogen-bond acceptors (Lipinski definition) is 2. The first-order chi connectivity index (χ1) is 6.13. The van der Waals surface area contributed by atoms with E-state index in [2.05, 4.69) is 0 Å². The molecule has 13 heavy (non-hydrogen) atoms. The highest BCUT2D eigenvalue weighted by Gasteiger charge is 2.27. The Kier molecular flexibility index (Phi) is 3.64. The highest BCUT2D eigenvalue weighted by atomic mass is 16.2. The Morgan fingerprint density at radius 2 is 1.62 bits per heavy atom. The lowest BCUT2D eigenvalue weighted by Crippen LogP contribution is -2.28. The third-order valence-corrected chi connectivity index (χ3v) is 2.74. The second kappa shape index (κ2) is 4.54. The molecule has 0 saturated heterocycles. The van der Waals surface area contributed by atoms with Crippen LogP contribution >= 0.6 is 0 Å². The summed E-state index contributed by atoms with van der Waals surface area (Å²) in [5, 5.41) is 0. The molecule has 0 aliphatic heterocycles. The Morgan fingerprint density at radius 3 is 2.08 bits per heavy atom. The lowest BCUT2D eigenvalue weighted by Gasteiger charge is -2.20. The molecule has 0 atom stereocenters. The summed E-state index contributed by atoms with van der Waals surface area (Å²) in [5.41, 5.74) is 0. The van der Waals surface area contributed by atoms with E-state index in [0.29, 0.717) is 0 Å². The number of carbonyl (C=O) groups excluding carboxylic acids is 2. The molecule has 0 unspecified atom stereocenters. The van der Waals surface area contributed by atoms with E-state index in [1.54, 1.807) is 13.8 Å². The molecule has 0 amide bonds. The summed E-state index contributed by atoms with van der Waals surface area (Å²) in [6, 6.07) is 0. The minimum absolute atomic E-state index is 0.0450. The maximum atomic E-state index is 11.6. The average molecular weight is 182 g/mol. The van der Waals surface area contributed by atoms with Crippen LogP contribution in [0.1, 0.15) is 46.0 Å². The average Bonchev–Trinajstić information content (AvgIpc) is 2.17. The van der Waals surface area contributed by atoms with Crippen LogP contribution in [0.4, 0.5) is 0 Å². The number of carbonyl (C=O) groups is 2. The van der Waals surface area contributed by atoms with Crippen LogP contribution in [-0.2, 0) is 9.59 Å². The number of Topliss-reactive ketones (excluding diaryl/α,β-unsaturated/α-hetero) is 2. The monoisotopic (exact) mass is 182 g/mol. The van der Waals surface area contributed by atoms with Crippen molar-refractivity contribution in [2.75, 3.05) is 0 Å². The van der Waals surface area contributed by atoms with Crippen molar-refractivity contribution in [2.45, 2.75) is 46.0 Å². The van der Waals surface area contributed by atoms with Gasteiger partial charge in [-0.3, -0.25) is 9.59 Å². The molecule has 0 bridgehead atoms. The smallest absolute Gasteiger partial charge is 0.201 e. The van der Waals surface area contributed by atoms with Gasteiger partial charge in [0.05, 0.1) is 0 Å². The SMILES string of the molecule is CC(C)C(=O)C(=O)C1CCCCC1. The van der Waals surface area contributed by atoms with Gasteiger partial charge in [-0.15, -0.1) is 0 Å². The van der Waals surface area contributed by atoms with E-state index < -0.39 is 0 Å². The van der Waals surface area contributed by atoms with Gasteiger partial charge in [0.1, 0.15) is 0 Å². The topological polar surface area (TPSA) is 34.1 Å². The molecule has 0 N–H and O–H groups in total. The van der Waals surface area contributed by atoms with Crippen LogP contribution in [0.15, 0.2) is 0 Å². The summed E-state index contributed by atoms with van der Waals surface area (Å²) < 4.78 is 0. The second-order valence-corrected chi connectivity index (χ2v) is 4.22. The summed E-state index contributed by atoms with van der Waals surface area (Å²) in [4.78, 5) is 23.0.